The smallest absolute Gasteiger partial charge is 0.412 e. The number of benzene rings is 2. The van der Waals surface area contributed by atoms with Crippen molar-refractivity contribution in [3.63, 3.8) is 0 Å². The van der Waals surface area contributed by atoms with E-state index in [2.05, 4.69) is 20.3 Å². The molecule has 0 saturated carbocycles. The molecule has 2 heterocycles. The Morgan fingerprint density at radius 3 is 2.30 bits per heavy atom. The SMILES string of the molecule is CCOC(=O)c1ccc(NC(=O)OCc2cn(-c3cc4nc(C(=O)OCC)c(OCC)nc4cc3Cl)cn2)cc1. The minimum absolute atomic E-state index is 0.0364. The number of ether oxygens (including phenoxy) is 4. The van der Waals surface area contributed by atoms with Gasteiger partial charge in [0, 0.05) is 11.9 Å². The maximum absolute atomic E-state index is 12.4. The molecule has 0 unspecified atom stereocenters. The number of amides is 1. The van der Waals surface area contributed by atoms with Crippen molar-refractivity contribution >= 4 is 46.4 Å². The van der Waals surface area contributed by atoms with Crippen molar-refractivity contribution in [2.45, 2.75) is 27.4 Å². The predicted octanol–water partition coefficient (Wildman–Crippen LogP) is 4.97. The zero-order valence-corrected chi connectivity index (χ0v) is 22.7. The average molecular weight is 568 g/mol. The molecule has 2 aromatic heterocycles. The first-order chi connectivity index (χ1) is 19.3. The number of fused-ring (bicyclic) bond motifs is 1. The maximum atomic E-state index is 12.4. The summed E-state index contributed by atoms with van der Waals surface area (Å²) in [6, 6.07) is 9.48. The van der Waals surface area contributed by atoms with Crippen LogP contribution in [0.15, 0.2) is 48.9 Å². The molecule has 40 heavy (non-hydrogen) atoms. The van der Waals surface area contributed by atoms with Crippen LogP contribution in [0.1, 0.15) is 47.3 Å². The number of esters is 2. The van der Waals surface area contributed by atoms with Crippen molar-refractivity contribution in [3.8, 4) is 11.6 Å². The molecule has 12 nitrogen and oxygen atoms in total. The Morgan fingerprint density at radius 2 is 1.60 bits per heavy atom. The van der Waals surface area contributed by atoms with Gasteiger partial charge in [-0.25, -0.2) is 29.3 Å². The molecule has 0 bridgehead atoms. The number of imidazole rings is 1. The fraction of sp³-hybridized carbons (Fsp3) is 0.259. The Kier molecular flexibility index (Phi) is 9.12. The highest BCUT2D eigenvalue weighted by Crippen LogP contribution is 2.28. The lowest BCUT2D eigenvalue weighted by atomic mass is 10.2. The first-order valence-corrected chi connectivity index (χ1v) is 12.8. The molecule has 1 N–H and O–H groups in total. The van der Waals surface area contributed by atoms with E-state index in [4.69, 9.17) is 30.5 Å². The van der Waals surface area contributed by atoms with E-state index in [0.717, 1.165) is 0 Å². The van der Waals surface area contributed by atoms with Crippen LogP contribution in [0.25, 0.3) is 16.7 Å². The summed E-state index contributed by atoms with van der Waals surface area (Å²) in [6.07, 6.45) is 2.45. The normalized spacial score (nSPS) is 10.7. The monoisotopic (exact) mass is 567 g/mol. The summed E-state index contributed by atoms with van der Waals surface area (Å²) in [5.41, 5.74) is 2.58. The number of rotatable bonds is 10. The van der Waals surface area contributed by atoms with Gasteiger partial charge in [-0.15, -0.1) is 0 Å². The van der Waals surface area contributed by atoms with Crippen LogP contribution in [0.3, 0.4) is 0 Å². The van der Waals surface area contributed by atoms with Gasteiger partial charge >= 0.3 is 18.0 Å². The molecule has 2 aromatic carbocycles. The molecule has 1 amide bonds. The van der Waals surface area contributed by atoms with Crippen LogP contribution in [0.2, 0.25) is 5.02 Å². The highest BCUT2D eigenvalue weighted by molar-refractivity contribution is 6.33. The molecular formula is C27H26ClN5O7. The third-order valence-corrected chi connectivity index (χ3v) is 5.66. The molecule has 0 atom stereocenters. The van der Waals surface area contributed by atoms with Crippen molar-refractivity contribution in [1.29, 1.82) is 0 Å². The summed E-state index contributed by atoms with van der Waals surface area (Å²) in [5.74, 6) is -1.03. The first kappa shape index (κ1) is 28.3. The van der Waals surface area contributed by atoms with E-state index in [9.17, 15) is 14.4 Å². The first-order valence-electron chi connectivity index (χ1n) is 12.4. The summed E-state index contributed by atoms with van der Waals surface area (Å²) < 4.78 is 22.4. The van der Waals surface area contributed by atoms with Gasteiger partial charge < -0.3 is 23.5 Å². The van der Waals surface area contributed by atoms with Crippen molar-refractivity contribution < 1.29 is 33.3 Å². The van der Waals surface area contributed by atoms with Crippen LogP contribution in [0, 0.1) is 0 Å². The zero-order chi connectivity index (χ0) is 28.6. The molecular weight excluding hydrogens is 542 g/mol. The van der Waals surface area contributed by atoms with E-state index in [1.807, 2.05) is 0 Å². The topological polar surface area (TPSA) is 144 Å². The number of carbonyl (C=O) groups is 3. The van der Waals surface area contributed by atoms with Crippen molar-refractivity contribution in [3.05, 3.63) is 70.9 Å². The Bertz CT molecular complexity index is 1540. The number of nitrogens with zero attached hydrogens (tertiary/aromatic N) is 4. The maximum Gasteiger partial charge on any atom is 0.412 e. The summed E-state index contributed by atoms with van der Waals surface area (Å²) in [6.45, 7) is 5.81. The van der Waals surface area contributed by atoms with Crippen molar-refractivity contribution in [1.82, 2.24) is 19.5 Å². The van der Waals surface area contributed by atoms with Gasteiger partial charge in [0.05, 0.1) is 59.1 Å². The van der Waals surface area contributed by atoms with Gasteiger partial charge in [0.15, 0.2) is 0 Å². The minimum atomic E-state index is -0.700. The lowest BCUT2D eigenvalue weighted by Gasteiger charge is -2.11. The van der Waals surface area contributed by atoms with Crippen LogP contribution >= 0.6 is 11.6 Å². The third-order valence-electron chi connectivity index (χ3n) is 5.36. The lowest BCUT2D eigenvalue weighted by Crippen LogP contribution is -2.14. The molecule has 0 aliphatic rings. The summed E-state index contributed by atoms with van der Waals surface area (Å²) in [4.78, 5) is 49.5. The van der Waals surface area contributed by atoms with Crippen LogP contribution in [-0.2, 0) is 20.8 Å². The number of anilines is 1. The van der Waals surface area contributed by atoms with Gasteiger partial charge in [-0.05, 0) is 57.2 Å². The third kappa shape index (κ3) is 6.64. The van der Waals surface area contributed by atoms with Gasteiger partial charge in [-0.3, -0.25) is 5.32 Å². The molecule has 208 valence electrons. The minimum Gasteiger partial charge on any atom is -0.476 e. The average Bonchev–Trinajstić information content (AvgIpc) is 3.41. The van der Waals surface area contributed by atoms with Crippen LogP contribution in [0.4, 0.5) is 10.5 Å². The zero-order valence-electron chi connectivity index (χ0n) is 22.0. The summed E-state index contributed by atoms with van der Waals surface area (Å²) in [5, 5.41) is 2.93. The van der Waals surface area contributed by atoms with Gasteiger partial charge in [-0.2, -0.15) is 0 Å². The molecule has 13 heteroatoms. The number of aromatic nitrogens is 4. The summed E-state index contributed by atoms with van der Waals surface area (Å²) in [7, 11) is 0. The number of carbonyl (C=O) groups excluding carboxylic acids is 3. The second-order valence-corrected chi connectivity index (χ2v) is 8.50. The number of hydrogen-bond donors (Lipinski definition) is 1. The predicted molar refractivity (Wildman–Crippen MR) is 145 cm³/mol. The fourth-order valence-electron chi connectivity index (χ4n) is 3.59. The highest BCUT2D eigenvalue weighted by Gasteiger charge is 2.20. The second kappa shape index (κ2) is 12.9. The van der Waals surface area contributed by atoms with E-state index >= 15 is 0 Å². The Morgan fingerprint density at radius 1 is 0.900 bits per heavy atom. The van der Waals surface area contributed by atoms with Gasteiger partial charge in [0.1, 0.15) is 6.61 Å². The second-order valence-electron chi connectivity index (χ2n) is 8.09. The number of hydrogen-bond acceptors (Lipinski definition) is 10. The Balaban J connectivity index is 1.46. The van der Waals surface area contributed by atoms with Gasteiger partial charge in [0.2, 0.25) is 11.6 Å². The fourth-order valence-corrected chi connectivity index (χ4v) is 3.84. The molecule has 4 rings (SSSR count). The molecule has 0 fully saturated rings. The van der Waals surface area contributed by atoms with Crippen molar-refractivity contribution in [2.75, 3.05) is 25.1 Å². The van der Waals surface area contributed by atoms with Crippen LogP contribution in [0.5, 0.6) is 5.88 Å². The van der Waals surface area contributed by atoms with Crippen LogP contribution < -0.4 is 10.1 Å². The highest BCUT2D eigenvalue weighted by atomic mass is 35.5. The standard InChI is InChI=1S/C27H26ClN5O7/c1-4-37-24-23(26(35)39-6-3)31-21-12-22(19(28)11-20(21)32-24)33-13-18(29-15-33)14-40-27(36)30-17-9-7-16(8-10-17)25(34)38-5-2/h7-13,15H,4-6,14H2,1-3H3,(H,30,36). The molecule has 0 spiro atoms. The van der Waals surface area contributed by atoms with Crippen molar-refractivity contribution in [2.24, 2.45) is 0 Å². The van der Waals surface area contributed by atoms with E-state index in [0.29, 0.717) is 38.7 Å². The van der Waals surface area contributed by atoms with Gasteiger partial charge in [0.25, 0.3) is 0 Å². The van der Waals surface area contributed by atoms with E-state index < -0.39 is 18.0 Å². The molecule has 0 radical (unpaired) electrons. The Labute approximate surface area is 234 Å². The lowest BCUT2D eigenvalue weighted by molar-refractivity contribution is 0.0508. The molecule has 4 aromatic rings. The van der Waals surface area contributed by atoms with E-state index in [-0.39, 0.29) is 38.0 Å². The molecule has 0 aliphatic heterocycles. The largest absolute Gasteiger partial charge is 0.476 e. The van der Waals surface area contributed by atoms with E-state index in [1.165, 1.54) is 6.33 Å². The number of nitrogens with one attached hydrogen (secondary N) is 1. The molecule has 0 saturated heterocycles. The quantitative estimate of drug-likeness (QED) is 0.206. The summed E-state index contributed by atoms with van der Waals surface area (Å²) >= 11 is 6.52. The Hall–Kier alpha value is -4.71. The molecule has 0 aliphatic carbocycles. The van der Waals surface area contributed by atoms with E-state index in [1.54, 1.807) is 67.9 Å². The van der Waals surface area contributed by atoms with Gasteiger partial charge in [-0.1, -0.05) is 11.6 Å². The van der Waals surface area contributed by atoms with Crippen LogP contribution in [-0.4, -0.2) is 57.4 Å². The number of halogens is 1.